The highest BCUT2D eigenvalue weighted by atomic mass is 35.5. The SMILES string of the molecule is Fc1ccc(CN2CCC(NCC3CC3)CC2)cc1Cl. The van der Waals surface area contributed by atoms with E-state index in [2.05, 4.69) is 10.2 Å². The average molecular weight is 297 g/mol. The molecule has 2 fully saturated rings. The second kappa shape index (κ2) is 6.42. The normalized spacial score (nSPS) is 21.3. The predicted molar refractivity (Wildman–Crippen MR) is 80.4 cm³/mol. The summed E-state index contributed by atoms with van der Waals surface area (Å²) in [4.78, 5) is 2.43. The van der Waals surface area contributed by atoms with Crippen LogP contribution in [0.25, 0.3) is 0 Å². The van der Waals surface area contributed by atoms with Crippen LogP contribution in [0, 0.1) is 11.7 Å². The van der Waals surface area contributed by atoms with Crippen LogP contribution < -0.4 is 5.32 Å². The van der Waals surface area contributed by atoms with E-state index in [0.717, 1.165) is 31.1 Å². The highest BCUT2D eigenvalue weighted by Gasteiger charge is 2.24. The molecular formula is C16H22ClFN2. The van der Waals surface area contributed by atoms with Gasteiger partial charge < -0.3 is 5.32 Å². The lowest BCUT2D eigenvalue weighted by Gasteiger charge is -2.32. The summed E-state index contributed by atoms with van der Waals surface area (Å²) in [6.07, 6.45) is 5.25. The maximum atomic E-state index is 13.1. The summed E-state index contributed by atoms with van der Waals surface area (Å²) in [5.41, 5.74) is 1.10. The monoisotopic (exact) mass is 296 g/mol. The smallest absolute Gasteiger partial charge is 0.141 e. The molecule has 2 aliphatic rings. The van der Waals surface area contributed by atoms with Crippen molar-refractivity contribution in [3.8, 4) is 0 Å². The fourth-order valence-corrected chi connectivity index (χ4v) is 3.05. The lowest BCUT2D eigenvalue weighted by atomic mass is 10.0. The van der Waals surface area contributed by atoms with E-state index in [4.69, 9.17) is 11.6 Å². The maximum Gasteiger partial charge on any atom is 0.141 e. The van der Waals surface area contributed by atoms with Gasteiger partial charge in [0, 0.05) is 12.6 Å². The third-order valence-electron chi connectivity index (χ3n) is 4.37. The molecule has 110 valence electrons. The second-order valence-electron chi connectivity index (χ2n) is 6.15. The summed E-state index contributed by atoms with van der Waals surface area (Å²) in [5, 5.41) is 3.91. The summed E-state index contributed by atoms with van der Waals surface area (Å²) in [5.74, 6) is 0.618. The van der Waals surface area contributed by atoms with Gasteiger partial charge in [0.05, 0.1) is 5.02 Å². The molecule has 1 heterocycles. The number of halogens is 2. The van der Waals surface area contributed by atoms with Crippen molar-refractivity contribution >= 4 is 11.6 Å². The number of hydrogen-bond donors (Lipinski definition) is 1. The average Bonchev–Trinajstić information content (AvgIpc) is 3.26. The van der Waals surface area contributed by atoms with Crippen molar-refractivity contribution in [2.24, 2.45) is 5.92 Å². The summed E-state index contributed by atoms with van der Waals surface area (Å²) in [7, 11) is 0. The molecule has 1 aromatic rings. The van der Waals surface area contributed by atoms with Crippen LogP contribution in [-0.2, 0) is 6.54 Å². The topological polar surface area (TPSA) is 15.3 Å². The summed E-state index contributed by atoms with van der Waals surface area (Å²) in [6, 6.07) is 5.72. The van der Waals surface area contributed by atoms with Gasteiger partial charge in [-0.3, -0.25) is 4.90 Å². The van der Waals surface area contributed by atoms with Crippen LogP contribution in [0.15, 0.2) is 18.2 Å². The molecule has 20 heavy (non-hydrogen) atoms. The molecule has 0 unspecified atom stereocenters. The fourth-order valence-electron chi connectivity index (χ4n) is 2.85. The van der Waals surface area contributed by atoms with Crippen molar-refractivity contribution in [1.29, 1.82) is 0 Å². The molecule has 1 saturated heterocycles. The van der Waals surface area contributed by atoms with E-state index in [-0.39, 0.29) is 10.8 Å². The van der Waals surface area contributed by atoms with Gasteiger partial charge in [0.2, 0.25) is 0 Å². The Morgan fingerprint density at radius 2 is 1.95 bits per heavy atom. The largest absolute Gasteiger partial charge is 0.314 e. The van der Waals surface area contributed by atoms with E-state index < -0.39 is 0 Å². The third-order valence-corrected chi connectivity index (χ3v) is 4.66. The Hall–Kier alpha value is -0.640. The number of nitrogens with one attached hydrogen (secondary N) is 1. The molecule has 0 radical (unpaired) electrons. The number of hydrogen-bond acceptors (Lipinski definition) is 2. The number of rotatable bonds is 5. The first-order valence-electron chi connectivity index (χ1n) is 7.60. The lowest BCUT2D eigenvalue weighted by Crippen LogP contribution is -2.42. The Morgan fingerprint density at radius 3 is 2.60 bits per heavy atom. The minimum absolute atomic E-state index is 0.225. The van der Waals surface area contributed by atoms with Crippen LogP contribution in [0.5, 0.6) is 0 Å². The van der Waals surface area contributed by atoms with Crippen LogP contribution in [0.2, 0.25) is 5.02 Å². The number of nitrogens with zero attached hydrogens (tertiary/aromatic N) is 1. The molecule has 1 aliphatic heterocycles. The van der Waals surface area contributed by atoms with E-state index in [1.807, 2.05) is 6.07 Å². The van der Waals surface area contributed by atoms with Crippen LogP contribution in [0.3, 0.4) is 0 Å². The molecule has 1 N–H and O–H groups in total. The molecular weight excluding hydrogens is 275 g/mol. The Bertz CT molecular complexity index is 454. The van der Waals surface area contributed by atoms with Crippen LogP contribution in [0.4, 0.5) is 4.39 Å². The van der Waals surface area contributed by atoms with Gasteiger partial charge in [0.1, 0.15) is 5.82 Å². The number of benzene rings is 1. The highest BCUT2D eigenvalue weighted by Crippen LogP contribution is 2.28. The van der Waals surface area contributed by atoms with Crippen molar-refractivity contribution in [1.82, 2.24) is 10.2 Å². The fraction of sp³-hybridized carbons (Fsp3) is 0.625. The molecule has 0 amide bonds. The predicted octanol–water partition coefficient (Wildman–Crippen LogP) is 3.44. The molecule has 0 aromatic heterocycles. The van der Waals surface area contributed by atoms with Crippen molar-refractivity contribution < 1.29 is 4.39 Å². The highest BCUT2D eigenvalue weighted by molar-refractivity contribution is 6.30. The molecule has 1 aliphatic carbocycles. The van der Waals surface area contributed by atoms with Gasteiger partial charge in [-0.15, -0.1) is 0 Å². The summed E-state index contributed by atoms with van der Waals surface area (Å²) >= 11 is 5.83. The zero-order chi connectivity index (χ0) is 13.9. The lowest BCUT2D eigenvalue weighted by molar-refractivity contribution is 0.190. The van der Waals surface area contributed by atoms with Gasteiger partial charge in [-0.05, 0) is 68.9 Å². The summed E-state index contributed by atoms with van der Waals surface area (Å²) < 4.78 is 13.1. The molecule has 3 rings (SSSR count). The van der Waals surface area contributed by atoms with Crippen LogP contribution in [0.1, 0.15) is 31.2 Å². The quantitative estimate of drug-likeness (QED) is 0.895. The van der Waals surface area contributed by atoms with Crippen LogP contribution in [-0.4, -0.2) is 30.6 Å². The molecule has 0 spiro atoms. The first kappa shape index (κ1) is 14.3. The third kappa shape index (κ3) is 3.94. The van der Waals surface area contributed by atoms with E-state index in [1.54, 1.807) is 6.07 Å². The van der Waals surface area contributed by atoms with Crippen molar-refractivity contribution in [3.63, 3.8) is 0 Å². The minimum Gasteiger partial charge on any atom is -0.314 e. The molecule has 1 saturated carbocycles. The van der Waals surface area contributed by atoms with E-state index in [9.17, 15) is 4.39 Å². The zero-order valence-corrected chi connectivity index (χ0v) is 12.5. The summed E-state index contributed by atoms with van der Waals surface area (Å²) in [6.45, 7) is 4.29. The van der Waals surface area contributed by atoms with E-state index >= 15 is 0 Å². The van der Waals surface area contributed by atoms with Crippen LogP contribution >= 0.6 is 11.6 Å². The minimum atomic E-state index is -0.335. The van der Waals surface area contributed by atoms with Gasteiger partial charge in [-0.25, -0.2) is 4.39 Å². The molecule has 1 aromatic carbocycles. The second-order valence-corrected chi connectivity index (χ2v) is 6.56. The Labute approximate surface area is 125 Å². The van der Waals surface area contributed by atoms with E-state index in [1.165, 1.54) is 38.3 Å². The molecule has 2 nitrogen and oxygen atoms in total. The number of likely N-dealkylation sites (tertiary alicyclic amines) is 1. The van der Waals surface area contributed by atoms with Gasteiger partial charge in [0.15, 0.2) is 0 Å². The zero-order valence-electron chi connectivity index (χ0n) is 11.7. The maximum absolute atomic E-state index is 13.1. The Balaban J connectivity index is 1.44. The first-order valence-corrected chi connectivity index (χ1v) is 7.98. The van der Waals surface area contributed by atoms with Gasteiger partial charge in [-0.2, -0.15) is 0 Å². The van der Waals surface area contributed by atoms with Gasteiger partial charge >= 0.3 is 0 Å². The molecule has 4 heteroatoms. The molecule has 0 bridgehead atoms. The van der Waals surface area contributed by atoms with Gasteiger partial charge in [-0.1, -0.05) is 17.7 Å². The Kier molecular flexibility index (Phi) is 4.59. The Morgan fingerprint density at radius 1 is 1.20 bits per heavy atom. The molecule has 0 atom stereocenters. The van der Waals surface area contributed by atoms with Crippen molar-refractivity contribution in [2.45, 2.75) is 38.3 Å². The van der Waals surface area contributed by atoms with Crippen molar-refractivity contribution in [2.75, 3.05) is 19.6 Å². The van der Waals surface area contributed by atoms with Gasteiger partial charge in [0.25, 0.3) is 0 Å². The standard InChI is InChI=1S/C16H22ClFN2/c17-15-9-13(3-4-16(15)18)11-20-7-5-14(6-8-20)19-10-12-1-2-12/h3-4,9,12,14,19H,1-2,5-8,10-11H2. The first-order chi connectivity index (χ1) is 9.70. The van der Waals surface area contributed by atoms with Crippen molar-refractivity contribution in [3.05, 3.63) is 34.6 Å². The number of piperidine rings is 1. The van der Waals surface area contributed by atoms with E-state index in [0.29, 0.717) is 6.04 Å².